The normalized spacial score (nSPS) is 27.5. The van der Waals surface area contributed by atoms with Crippen molar-refractivity contribution in [1.29, 1.82) is 0 Å². The van der Waals surface area contributed by atoms with E-state index in [2.05, 4.69) is 16.2 Å². The standard InChI is InChI=1S/C25H24N4O2/c30-24(28-29-25(31)27-23-21-15-10-11-16(12-15)22(21)23)18-13-20(14-6-2-1-3-7-14)26-19-9-5-4-8-17(18)19/h1-9,13,15-16,21-23H,10-12H2,(H,28,30)(H2,27,29,31). The van der Waals surface area contributed by atoms with E-state index in [1.807, 2.05) is 54.6 Å². The van der Waals surface area contributed by atoms with Crippen LogP contribution in [-0.4, -0.2) is 23.0 Å². The molecule has 4 unspecified atom stereocenters. The molecule has 0 spiro atoms. The van der Waals surface area contributed by atoms with Crippen LogP contribution in [0.3, 0.4) is 0 Å². The number of hydrogen-bond donors (Lipinski definition) is 3. The van der Waals surface area contributed by atoms with E-state index in [0.717, 1.165) is 34.0 Å². The van der Waals surface area contributed by atoms with Gasteiger partial charge in [-0.15, -0.1) is 0 Å². The summed E-state index contributed by atoms with van der Waals surface area (Å²) in [6, 6.07) is 19.0. The maximum atomic E-state index is 13.0. The van der Waals surface area contributed by atoms with Gasteiger partial charge in [0.25, 0.3) is 5.91 Å². The van der Waals surface area contributed by atoms with Crippen molar-refractivity contribution >= 4 is 22.8 Å². The van der Waals surface area contributed by atoms with E-state index in [1.54, 1.807) is 6.07 Å². The van der Waals surface area contributed by atoms with Gasteiger partial charge in [0.2, 0.25) is 0 Å². The molecule has 6 heteroatoms. The van der Waals surface area contributed by atoms with E-state index in [4.69, 9.17) is 4.98 Å². The van der Waals surface area contributed by atoms with Gasteiger partial charge in [0.05, 0.1) is 16.8 Å². The zero-order valence-corrected chi connectivity index (χ0v) is 17.0. The lowest BCUT2D eigenvalue weighted by Crippen LogP contribution is -2.48. The molecule has 1 aromatic heterocycles. The van der Waals surface area contributed by atoms with E-state index in [-0.39, 0.29) is 18.0 Å². The summed E-state index contributed by atoms with van der Waals surface area (Å²) in [5, 5.41) is 3.81. The summed E-state index contributed by atoms with van der Waals surface area (Å²) in [7, 11) is 0. The van der Waals surface area contributed by atoms with Crippen molar-refractivity contribution in [3.05, 3.63) is 66.2 Å². The number of aromatic nitrogens is 1. The first-order valence-electron chi connectivity index (χ1n) is 11.0. The molecule has 156 valence electrons. The van der Waals surface area contributed by atoms with Crippen molar-refractivity contribution in [2.45, 2.75) is 25.3 Å². The number of hydrazine groups is 1. The first-order chi connectivity index (χ1) is 15.2. The quantitative estimate of drug-likeness (QED) is 0.571. The van der Waals surface area contributed by atoms with Crippen molar-refractivity contribution < 1.29 is 9.59 Å². The molecule has 3 amide bonds. The highest BCUT2D eigenvalue weighted by Crippen LogP contribution is 2.65. The highest BCUT2D eigenvalue weighted by molar-refractivity contribution is 6.07. The number of para-hydroxylation sites is 1. The predicted molar refractivity (Wildman–Crippen MR) is 118 cm³/mol. The molecule has 3 aromatic rings. The van der Waals surface area contributed by atoms with Crippen LogP contribution in [0.5, 0.6) is 0 Å². The van der Waals surface area contributed by atoms with E-state index in [1.165, 1.54) is 19.3 Å². The summed E-state index contributed by atoms with van der Waals surface area (Å²) in [5.41, 5.74) is 7.99. The lowest BCUT2D eigenvalue weighted by atomic mass is 10.0. The zero-order valence-electron chi connectivity index (χ0n) is 17.0. The van der Waals surface area contributed by atoms with Crippen LogP contribution >= 0.6 is 0 Å². The molecular formula is C25H24N4O2. The summed E-state index contributed by atoms with van der Waals surface area (Å²) in [5.74, 6) is 2.52. The van der Waals surface area contributed by atoms with Gasteiger partial charge in [-0.2, -0.15) is 0 Å². The van der Waals surface area contributed by atoms with Crippen LogP contribution in [0.2, 0.25) is 0 Å². The third kappa shape index (κ3) is 3.14. The fourth-order valence-corrected chi connectivity index (χ4v) is 6.01. The molecule has 6 nitrogen and oxygen atoms in total. The van der Waals surface area contributed by atoms with E-state index < -0.39 is 0 Å². The number of benzene rings is 2. The lowest BCUT2D eigenvalue weighted by molar-refractivity contribution is 0.0937. The minimum atomic E-state index is -0.359. The lowest BCUT2D eigenvalue weighted by Gasteiger charge is -2.13. The van der Waals surface area contributed by atoms with Crippen LogP contribution in [0.25, 0.3) is 22.2 Å². The molecule has 3 aliphatic carbocycles. The third-order valence-corrected chi connectivity index (χ3v) is 7.35. The van der Waals surface area contributed by atoms with Crippen LogP contribution in [0.15, 0.2) is 60.7 Å². The molecule has 31 heavy (non-hydrogen) atoms. The second kappa shape index (κ2) is 7.08. The van der Waals surface area contributed by atoms with Crippen molar-refractivity contribution in [1.82, 2.24) is 21.2 Å². The van der Waals surface area contributed by atoms with Crippen LogP contribution < -0.4 is 16.2 Å². The Hall–Kier alpha value is -3.41. The fourth-order valence-electron chi connectivity index (χ4n) is 6.01. The molecule has 3 N–H and O–H groups in total. The fraction of sp³-hybridized carbons (Fsp3) is 0.320. The number of rotatable bonds is 3. The van der Waals surface area contributed by atoms with Gasteiger partial charge >= 0.3 is 6.03 Å². The van der Waals surface area contributed by atoms with Gasteiger partial charge in [0.1, 0.15) is 0 Å². The Balaban J connectivity index is 1.18. The van der Waals surface area contributed by atoms with Gasteiger partial charge in [0, 0.05) is 17.0 Å². The van der Waals surface area contributed by atoms with Gasteiger partial charge in [-0.25, -0.2) is 15.2 Å². The average Bonchev–Trinajstić information content (AvgIpc) is 3.16. The first kappa shape index (κ1) is 18.4. The predicted octanol–water partition coefficient (Wildman–Crippen LogP) is 3.89. The van der Waals surface area contributed by atoms with Crippen LogP contribution in [0.4, 0.5) is 4.79 Å². The van der Waals surface area contributed by atoms with Crippen LogP contribution in [0.1, 0.15) is 29.6 Å². The summed E-state index contributed by atoms with van der Waals surface area (Å²) in [6.45, 7) is 0. The third-order valence-electron chi connectivity index (χ3n) is 7.35. The first-order valence-corrected chi connectivity index (χ1v) is 11.0. The van der Waals surface area contributed by atoms with Crippen molar-refractivity contribution in [2.24, 2.45) is 23.7 Å². The highest BCUT2D eigenvalue weighted by atomic mass is 16.2. The van der Waals surface area contributed by atoms with Crippen LogP contribution in [-0.2, 0) is 0 Å². The van der Waals surface area contributed by atoms with Crippen LogP contribution in [0, 0.1) is 23.7 Å². The van der Waals surface area contributed by atoms with Gasteiger partial charge in [0.15, 0.2) is 0 Å². The Bertz CT molecular complexity index is 1160. The molecule has 0 radical (unpaired) electrons. The zero-order chi connectivity index (χ0) is 20.9. The van der Waals surface area contributed by atoms with E-state index in [0.29, 0.717) is 17.4 Å². The Labute approximate surface area is 180 Å². The number of carbonyl (C=O) groups excluding carboxylic acids is 2. The number of amides is 3. The number of nitrogens with zero attached hydrogens (tertiary/aromatic N) is 1. The molecule has 6 rings (SSSR count). The monoisotopic (exact) mass is 412 g/mol. The number of urea groups is 1. The Kier molecular flexibility index (Phi) is 4.19. The minimum absolute atomic E-state index is 0.273. The molecule has 1 heterocycles. The maximum Gasteiger partial charge on any atom is 0.333 e. The molecular weight excluding hydrogens is 388 g/mol. The molecule has 3 saturated carbocycles. The van der Waals surface area contributed by atoms with Crippen molar-refractivity contribution in [2.75, 3.05) is 0 Å². The van der Waals surface area contributed by atoms with Gasteiger partial charge in [-0.05, 0) is 55.1 Å². The molecule has 0 saturated heterocycles. The number of carbonyl (C=O) groups is 2. The Morgan fingerprint density at radius 2 is 1.58 bits per heavy atom. The summed E-state index contributed by atoms with van der Waals surface area (Å²) in [4.78, 5) is 30.1. The van der Waals surface area contributed by atoms with Crippen molar-refractivity contribution in [3.63, 3.8) is 0 Å². The maximum absolute atomic E-state index is 13.0. The Morgan fingerprint density at radius 1 is 0.871 bits per heavy atom. The number of fused-ring (bicyclic) bond motifs is 6. The van der Waals surface area contributed by atoms with Gasteiger partial charge in [-0.3, -0.25) is 10.2 Å². The molecule has 4 atom stereocenters. The van der Waals surface area contributed by atoms with E-state index >= 15 is 0 Å². The molecule has 2 bridgehead atoms. The second-order valence-corrected chi connectivity index (χ2v) is 9.00. The van der Waals surface area contributed by atoms with Crippen molar-refractivity contribution in [3.8, 4) is 11.3 Å². The number of hydrogen-bond acceptors (Lipinski definition) is 3. The summed E-state index contributed by atoms with van der Waals surface area (Å²) < 4.78 is 0. The van der Waals surface area contributed by atoms with E-state index in [9.17, 15) is 9.59 Å². The molecule has 2 aromatic carbocycles. The minimum Gasteiger partial charge on any atom is -0.333 e. The SMILES string of the molecule is O=C(NNC(=O)c1cc(-c2ccccc2)nc2ccccc12)NC1C2C3CCC(C3)C12. The molecule has 3 aliphatic rings. The highest BCUT2D eigenvalue weighted by Gasteiger charge is 2.65. The number of nitrogens with one attached hydrogen (secondary N) is 3. The number of pyridine rings is 1. The summed E-state index contributed by atoms with van der Waals surface area (Å²) >= 11 is 0. The molecule has 3 fully saturated rings. The largest absolute Gasteiger partial charge is 0.333 e. The average molecular weight is 412 g/mol. The topological polar surface area (TPSA) is 83.1 Å². The molecule has 0 aliphatic heterocycles. The van der Waals surface area contributed by atoms with Gasteiger partial charge in [-0.1, -0.05) is 48.5 Å². The Morgan fingerprint density at radius 3 is 2.35 bits per heavy atom. The second-order valence-electron chi connectivity index (χ2n) is 9.00. The van der Waals surface area contributed by atoms with Gasteiger partial charge < -0.3 is 5.32 Å². The smallest absolute Gasteiger partial charge is 0.333 e. The summed E-state index contributed by atoms with van der Waals surface area (Å²) in [6.07, 6.45) is 3.95.